The number of hydrogen-bond donors (Lipinski definition) is 2. The van der Waals surface area contributed by atoms with Crippen molar-refractivity contribution in [3.63, 3.8) is 0 Å². The van der Waals surface area contributed by atoms with Gasteiger partial charge in [0.05, 0.1) is 17.7 Å². The third-order valence-electron chi connectivity index (χ3n) is 4.23. The maximum atomic E-state index is 13.1. The number of hydrogen-bond acceptors (Lipinski definition) is 5. The lowest BCUT2D eigenvalue weighted by molar-refractivity contribution is -0.121. The van der Waals surface area contributed by atoms with E-state index in [1.165, 1.54) is 24.4 Å². The fourth-order valence-electron chi connectivity index (χ4n) is 2.72. The Morgan fingerprint density at radius 3 is 2.20 bits per heavy atom. The fourth-order valence-corrected chi connectivity index (χ4v) is 4.13. The van der Waals surface area contributed by atoms with Crippen molar-refractivity contribution in [1.82, 2.24) is 9.73 Å². The Hall–Kier alpha value is -3.49. The molecule has 0 aromatic heterocycles. The molecule has 1 amide bonds. The zero-order valence-corrected chi connectivity index (χ0v) is 16.9. The highest BCUT2D eigenvalue weighted by atomic mass is 32.2. The van der Waals surface area contributed by atoms with E-state index in [-0.39, 0.29) is 17.2 Å². The van der Waals surface area contributed by atoms with Crippen molar-refractivity contribution >= 4 is 22.1 Å². The van der Waals surface area contributed by atoms with Crippen molar-refractivity contribution in [2.75, 3.05) is 6.54 Å². The number of para-hydroxylation sites is 1. The lowest BCUT2D eigenvalue weighted by atomic mass is 10.2. The van der Waals surface area contributed by atoms with E-state index in [2.05, 4.69) is 10.5 Å². The van der Waals surface area contributed by atoms with Gasteiger partial charge in [0, 0.05) is 12.1 Å². The van der Waals surface area contributed by atoms with Crippen LogP contribution in [0.4, 0.5) is 0 Å². The molecule has 0 aliphatic rings. The van der Waals surface area contributed by atoms with Gasteiger partial charge in [-0.05, 0) is 29.8 Å². The van der Waals surface area contributed by atoms with E-state index in [4.69, 9.17) is 0 Å². The van der Waals surface area contributed by atoms with Crippen LogP contribution in [0.2, 0.25) is 0 Å². The van der Waals surface area contributed by atoms with E-state index < -0.39 is 22.5 Å². The second-order valence-electron chi connectivity index (χ2n) is 6.42. The molecule has 0 radical (unpaired) electrons. The van der Waals surface area contributed by atoms with E-state index in [0.29, 0.717) is 5.56 Å². The maximum absolute atomic E-state index is 13.1. The third-order valence-corrected chi connectivity index (χ3v) is 6.04. The number of nitrogens with zero attached hydrogens (tertiary/aromatic N) is 2. The minimum Gasteiger partial charge on any atom is -0.507 e. The van der Waals surface area contributed by atoms with Gasteiger partial charge in [0.25, 0.3) is 5.91 Å². The van der Waals surface area contributed by atoms with Gasteiger partial charge in [-0.3, -0.25) is 4.79 Å². The van der Waals surface area contributed by atoms with Crippen molar-refractivity contribution < 1.29 is 18.3 Å². The molecule has 0 bridgehead atoms. The Bertz CT molecular complexity index is 1120. The molecule has 3 rings (SSSR count). The van der Waals surface area contributed by atoms with Gasteiger partial charge >= 0.3 is 0 Å². The van der Waals surface area contributed by atoms with E-state index >= 15 is 0 Å². The van der Waals surface area contributed by atoms with Crippen LogP contribution in [0.15, 0.2) is 94.9 Å². The van der Waals surface area contributed by atoms with Crippen molar-refractivity contribution in [2.24, 2.45) is 5.10 Å². The molecule has 0 spiro atoms. The summed E-state index contributed by atoms with van der Waals surface area (Å²) in [6, 6.07) is 23.5. The summed E-state index contributed by atoms with van der Waals surface area (Å²) >= 11 is 0. The number of phenols is 1. The number of nitrogens with one attached hydrogen (secondary N) is 1. The Labute approximate surface area is 175 Å². The third kappa shape index (κ3) is 5.53. The van der Waals surface area contributed by atoms with Gasteiger partial charge in [0.2, 0.25) is 10.0 Å². The van der Waals surface area contributed by atoms with Crippen LogP contribution in [-0.4, -0.2) is 36.5 Å². The normalized spacial score (nSPS) is 11.6. The lowest BCUT2D eigenvalue weighted by Gasteiger charge is -2.21. The minimum atomic E-state index is -3.90. The molecule has 0 saturated heterocycles. The number of sulfonamides is 1. The molecule has 30 heavy (non-hydrogen) atoms. The van der Waals surface area contributed by atoms with E-state index in [0.717, 1.165) is 9.87 Å². The van der Waals surface area contributed by atoms with Crippen LogP contribution in [0.1, 0.15) is 11.1 Å². The summed E-state index contributed by atoms with van der Waals surface area (Å²) in [5.74, 6) is -0.579. The Balaban J connectivity index is 1.76. The number of aromatic hydroxyl groups is 1. The lowest BCUT2D eigenvalue weighted by Crippen LogP contribution is -2.39. The smallest absolute Gasteiger partial charge is 0.255 e. The van der Waals surface area contributed by atoms with Gasteiger partial charge in [-0.15, -0.1) is 0 Å². The predicted octanol–water partition coefficient (Wildman–Crippen LogP) is 2.73. The van der Waals surface area contributed by atoms with Crippen molar-refractivity contribution in [3.05, 3.63) is 96.1 Å². The molecule has 0 aliphatic heterocycles. The average molecular weight is 423 g/mol. The number of benzene rings is 3. The van der Waals surface area contributed by atoms with E-state index in [1.807, 2.05) is 6.07 Å². The molecule has 0 heterocycles. The Morgan fingerprint density at radius 1 is 0.933 bits per heavy atom. The first kappa shape index (κ1) is 21.2. The highest BCUT2D eigenvalue weighted by Crippen LogP contribution is 2.18. The number of carbonyl (C=O) groups is 1. The van der Waals surface area contributed by atoms with Crippen molar-refractivity contribution in [1.29, 1.82) is 0 Å². The molecule has 0 fully saturated rings. The number of hydrazone groups is 1. The maximum Gasteiger partial charge on any atom is 0.255 e. The first-order chi connectivity index (χ1) is 14.5. The zero-order chi connectivity index (χ0) is 21.4. The van der Waals surface area contributed by atoms with Crippen LogP contribution in [0.3, 0.4) is 0 Å². The summed E-state index contributed by atoms with van der Waals surface area (Å²) in [6.45, 7) is -0.376. The minimum absolute atomic E-state index is 0.0212. The molecule has 3 aromatic rings. The summed E-state index contributed by atoms with van der Waals surface area (Å²) in [4.78, 5) is 12.5. The summed E-state index contributed by atoms with van der Waals surface area (Å²) in [5, 5.41) is 13.5. The first-order valence-electron chi connectivity index (χ1n) is 9.16. The van der Waals surface area contributed by atoms with Gasteiger partial charge in [-0.25, -0.2) is 13.8 Å². The molecule has 2 N–H and O–H groups in total. The Morgan fingerprint density at radius 2 is 1.53 bits per heavy atom. The predicted molar refractivity (Wildman–Crippen MR) is 114 cm³/mol. The molecule has 8 heteroatoms. The molecule has 154 valence electrons. The quantitative estimate of drug-likeness (QED) is 0.430. The van der Waals surface area contributed by atoms with E-state index in [9.17, 15) is 18.3 Å². The van der Waals surface area contributed by atoms with Crippen LogP contribution in [0.5, 0.6) is 5.75 Å². The first-order valence-corrected chi connectivity index (χ1v) is 10.6. The molecule has 0 aliphatic carbocycles. The molecular formula is C22H21N3O4S. The van der Waals surface area contributed by atoms with Crippen LogP contribution in [0, 0.1) is 0 Å². The van der Waals surface area contributed by atoms with Crippen LogP contribution in [0.25, 0.3) is 0 Å². The zero-order valence-electron chi connectivity index (χ0n) is 16.0. The van der Waals surface area contributed by atoms with Gasteiger partial charge in [0.15, 0.2) is 0 Å². The monoisotopic (exact) mass is 423 g/mol. The highest BCUT2D eigenvalue weighted by Gasteiger charge is 2.26. The standard InChI is InChI=1S/C22H21N3O4S/c26-21-14-8-7-11-19(21)15-23-24-22(27)17-25(16-18-9-3-1-4-10-18)30(28,29)20-12-5-2-6-13-20/h1-15,26H,16-17H2,(H,24,27)/b23-15-. The topological polar surface area (TPSA) is 99.1 Å². The number of rotatable bonds is 8. The fraction of sp³-hybridized carbons (Fsp3) is 0.0909. The van der Waals surface area contributed by atoms with Gasteiger partial charge in [-0.1, -0.05) is 60.7 Å². The second-order valence-corrected chi connectivity index (χ2v) is 8.36. The van der Waals surface area contributed by atoms with Crippen LogP contribution < -0.4 is 5.43 Å². The van der Waals surface area contributed by atoms with Crippen LogP contribution >= 0.6 is 0 Å². The molecule has 0 saturated carbocycles. The molecule has 3 aromatic carbocycles. The molecule has 7 nitrogen and oxygen atoms in total. The molecular weight excluding hydrogens is 402 g/mol. The number of amides is 1. The molecule has 0 atom stereocenters. The van der Waals surface area contributed by atoms with Gasteiger partial charge in [0.1, 0.15) is 5.75 Å². The summed E-state index contributed by atoms with van der Waals surface area (Å²) in [7, 11) is -3.90. The Kier molecular flexibility index (Phi) is 6.95. The largest absolute Gasteiger partial charge is 0.507 e. The number of carbonyl (C=O) groups excluding carboxylic acids is 1. The summed E-state index contributed by atoms with van der Waals surface area (Å²) < 4.78 is 27.3. The summed E-state index contributed by atoms with van der Waals surface area (Å²) in [6.07, 6.45) is 1.29. The molecule has 0 unspecified atom stereocenters. The summed E-state index contributed by atoms with van der Waals surface area (Å²) in [5.41, 5.74) is 3.49. The SMILES string of the molecule is O=C(CN(Cc1ccccc1)S(=O)(=O)c1ccccc1)N/N=C\c1ccccc1O. The van der Waals surface area contributed by atoms with Gasteiger partial charge in [-0.2, -0.15) is 9.41 Å². The second kappa shape index (κ2) is 9.82. The van der Waals surface area contributed by atoms with Crippen molar-refractivity contribution in [2.45, 2.75) is 11.4 Å². The van der Waals surface area contributed by atoms with E-state index in [1.54, 1.807) is 60.7 Å². The highest BCUT2D eigenvalue weighted by molar-refractivity contribution is 7.89. The van der Waals surface area contributed by atoms with Crippen LogP contribution in [-0.2, 0) is 21.4 Å². The van der Waals surface area contributed by atoms with Gasteiger partial charge < -0.3 is 5.11 Å². The average Bonchev–Trinajstić information content (AvgIpc) is 2.76. The number of phenolic OH excluding ortho intramolecular Hbond substituents is 1. The van der Waals surface area contributed by atoms with Crippen molar-refractivity contribution in [3.8, 4) is 5.75 Å².